The minimum atomic E-state index is 0.210. The van der Waals surface area contributed by atoms with E-state index in [4.69, 9.17) is 11.6 Å². The Bertz CT molecular complexity index is 454. The molecule has 0 spiro atoms. The van der Waals surface area contributed by atoms with Gasteiger partial charge in [0, 0.05) is 18.1 Å². The van der Waals surface area contributed by atoms with Gasteiger partial charge in [0.2, 0.25) is 0 Å². The van der Waals surface area contributed by atoms with E-state index in [0.29, 0.717) is 13.1 Å². The van der Waals surface area contributed by atoms with E-state index in [1.54, 1.807) is 0 Å². The molecule has 1 atom stereocenters. The standard InChI is InChI=1S/C16H25ClN4/c1-5-11-19-16(18-6-2)20-12-15(21(3)4)13-7-9-14(17)10-8-13/h5,7-10,15H,1,6,11-12H2,2-4H3,(H2,18,19,20). The summed E-state index contributed by atoms with van der Waals surface area (Å²) < 4.78 is 0. The van der Waals surface area contributed by atoms with Gasteiger partial charge in [0.1, 0.15) is 0 Å². The van der Waals surface area contributed by atoms with Crippen molar-refractivity contribution < 1.29 is 0 Å². The molecule has 1 unspecified atom stereocenters. The predicted molar refractivity (Wildman–Crippen MR) is 92.1 cm³/mol. The molecule has 1 aromatic carbocycles. The lowest BCUT2D eigenvalue weighted by Gasteiger charge is -2.23. The van der Waals surface area contributed by atoms with Gasteiger partial charge in [-0.3, -0.25) is 4.99 Å². The quantitative estimate of drug-likeness (QED) is 0.462. The summed E-state index contributed by atoms with van der Waals surface area (Å²) in [6, 6.07) is 8.14. The van der Waals surface area contributed by atoms with Gasteiger partial charge in [0.15, 0.2) is 5.96 Å². The highest BCUT2D eigenvalue weighted by Crippen LogP contribution is 2.20. The van der Waals surface area contributed by atoms with Gasteiger partial charge in [0.05, 0.1) is 12.6 Å². The van der Waals surface area contributed by atoms with Crippen molar-refractivity contribution in [1.82, 2.24) is 15.5 Å². The number of hydrogen-bond acceptors (Lipinski definition) is 2. The summed E-state index contributed by atoms with van der Waals surface area (Å²) in [6.07, 6.45) is 1.81. The Kier molecular flexibility index (Phi) is 7.87. The average Bonchev–Trinajstić information content (AvgIpc) is 2.46. The summed E-state index contributed by atoms with van der Waals surface area (Å²) in [5, 5.41) is 7.18. The lowest BCUT2D eigenvalue weighted by molar-refractivity contribution is 0.306. The molecule has 0 saturated heterocycles. The van der Waals surface area contributed by atoms with Gasteiger partial charge in [-0.15, -0.1) is 6.58 Å². The van der Waals surface area contributed by atoms with E-state index in [1.807, 2.05) is 37.3 Å². The van der Waals surface area contributed by atoms with E-state index in [9.17, 15) is 0 Å². The second-order valence-electron chi connectivity index (χ2n) is 4.92. The highest BCUT2D eigenvalue weighted by atomic mass is 35.5. The van der Waals surface area contributed by atoms with E-state index < -0.39 is 0 Å². The average molecular weight is 309 g/mol. The summed E-state index contributed by atoms with van der Waals surface area (Å²) in [6.45, 7) is 7.95. The first-order valence-corrected chi connectivity index (χ1v) is 7.51. The maximum atomic E-state index is 5.95. The normalized spacial score (nSPS) is 13.1. The molecule has 0 aliphatic heterocycles. The first kappa shape index (κ1) is 17.5. The number of nitrogens with one attached hydrogen (secondary N) is 2. The minimum Gasteiger partial charge on any atom is -0.357 e. The summed E-state index contributed by atoms with van der Waals surface area (Å²) in [7, 11) is 4.11. The van der Waals surface area contributed by atoms with Gasteiger partial charge in [-0.1, -0.05) is 29.8 Å². The molecule has 4 nitrogen and oxygen atoms in total. The Morgan fingerprint density at radius 3 is 2.52 bits per heavy atom. The number of halogens is 1. The Morgan fingerprint density at radius 2 is 2.00 bits per heavy atom. The van der Waals surface area contributed by atoms with Crippen LogP contribution in [0.4, 0.5) is 0 Å². The molecule has 1 rings (SSSR count). The maximum absolute atomic E-state index is 5.95. The summed E-state index contributed by atoms with van der Waals surface area (Å²) in [5.41, 5.74) is 1.20. The molecule has 0 fully saturated rings. The molecule has 0 aromatic heterocycles. The maximum Gasteiger partial charge on any atom is 0.191 e. The molecule has 21 heavy (non-hydrogen) atoms. The van der Waals surface area contributed by atoms with Crippen LogP contribution in [0.5, 0.6) is 0 Å². The third-order valence-corrected chi connectivity index (χ3v) is 3.31. The topological polar surface area (TPSA) is 39.7 Å². The number of benzene rings is 1. The van der Waals surface area contributed by atoms with Crippen LogP contribution in [0.2, 0.25) is 5.02 Å². The summed E-state index contributed by atoms with van der Waals surface area (Å²) in [4.78, 5) is 6.80. The van der Waals surface area contributed by atoms with Crippen LogP contribution in [0.3, 0.4) is 0 Å². The van der Waals surface area contributed by atoms with Crippen LogP contribution in [-0.2, 0) is 0 Å². The zero-order valence-electron chi connectivity index (χ0n) is 13.1. The molecular formula is C16H25ClN4. The number of likely N-dealkylation sites (N-methyl/N-ethyl adjacent to an activating group) is 1. The molecule has 2 N–H and O–H groups in total. The van der Waals surface area contributed by atoms with Gasteiger partial charge < -0.3 is 15.5 Å². The van der Waals surface area contributed by atoms with E-state index in [1.165, 1.54) is 5.56 Å². The van der Waals surface area contributed by atoms with E-state index in [2.05, 4.69) is 41.2 Å². The van der Waals surface area contributed by atoms with Crippen molar-refractivity contribution >= 4 is 17.6 Å². The molecule has 0 bridgehead atoms. The minimum absolute atomic E-state index is 0.210. The van der Waals surface area contributed by atoms with E-state index in [-0.39, 0.29) is 6.04 Å². The van der Waals surface area contributed by atoms with Crippen molar-refractivity contribution in [3.8, 4) is 0 Å². The van der Waals surface area contributed by atoms with Crippen LogP contribution in [0.25, 0.3) is 0 Å². The number of nitrogens with zero attached hydrogens (tertiary/aromatic N) is 2. The smallest absolute Gasteiger partial charge is 0.191 e. The second-order valence-corrected chi connectivity index (χ2v) is 5.36. The number of guanidine groups is 1. The molecule has 0 radical (unpaired) electrons. The molecule has 116 valence electrons. The lowest BCUT2D eigenvalue weighted by atomic mass is 10.1. The van der Waals surface area contributed by atoms with Crippen LogP contribution in [-0.4, -0.2) is 44.6 Å². The van der Waals surface area contributed by atoms with Gasteiger partial charge in [-0.05, 0) is 38.7 Å². The number of rotatable bonds is 7. The van der Waals surface area contributed by atoms with Crippen molar-refractivity contribution in [2.24, 2.45) is 4.99 Å². The summed E-state index contributed by atoms with van der Waals surface area (Å²) >= 11 is 5.95. The summed E-state index contributed by atoms with van der Waals surface area (Å²) in [5.74, 6) is 0.804. The third-order valence-electron chi connectivity index (χ3n) is 3.06. The van der Waals surface area contributed by atoms with Crippen molar-refractivity contribution in [2.75, 3.05) is 33.7 Å². The van der Waals surface area contributed by atoms with Crippen molar-refractivity contribution in [2.45, 2.75) is 13.0 Å². The predicted octanol–water partition coefficient (Wildman–Crippen LogP) is 2.68. The van der Waals surface area contributed by atoms with Crippen LogP contribution in [0.15, 0.2) is 41.9 Å². The van der Waals surface area contributed by atoms with Crippen molar-refractivity contribution in [1.29, 1.82) is 0 Å². The van der Waals surface area contributed by atoms with Crippen molar-refractivity contribution in [3.63, 3.8) is 0 Å². The Labute approximate surface area is 132 Å². The van der Waals surface area contributed by atoms with Crippen LogP contribution in [0.1, 0.15) is 18.5 Å². The molecule has 1 aromatic rings. The fourth-order valence-corrected chi connectivity index (χ4v) is 2.07. The highest BCUT2D eigenvalue weighted by Gasteiger charge is 2.13. The Hall–Kier alpha value is -1.52. The molecule has 0 heterocycles. The zero-order chi connectivity index (χ0) is 15.7. The second kappa shape index (κ2) is 9.42. The van der Waals surface area contributed by atoms with Gasteiger partial charge in [0.25, 0.3) is 0 Å². The van der Waals surface area contributed by atoms with Gasteiger partial charge in [-0.25, -0.2) is 0 Å². The highest BCUT2D eigenvalue weighted by molar-refractivity contribution is 6.30. The van der Waals surface area contributed by atoms with Gasteiger partial charge in [-0.2, -0.15) is 0 Å². The van der Waals surface area contributed by atoms with E-state index in [0.717, 1.165) is 17.5 Å². The van der Waals surface area contributed by atoms with Gasteiger partial charge >= 0.3 is 0 Å². The lowest BCUT2D eigenvalue weighted by Crippen LogP contribution is -2.38. The first-order chi connectivity index (χ1) is 10.1. The number of aliphatic imine (C=N–C) groups is 1. The Morgan fingerprint density at radius 1 is 1.33 bits per heavy atom. The fourth-order valence-electron chi connectivity index (χ4n) is 1.94. The van der Waals surface area contributed by atoms with Crippen LogP contribution >= 0.6 is 11.6 Å². The first-order valence-electron chi connectivity index (χ1n) is 7.13. The fraction of sp³-hybridized carbons (Fsp3) is 0.438. The van der Waals surface area contributed by atoms with E-state index >= 15 is 0 Å². The monoisotopic (exact) mass is 308 g/mol. The van der Waals surface area contributed by atoms with Crippen LogP contribution in [0, 0.1) is 0 Å². The SMILES string of the molecule is C=CCNC(=NCC(c1ccc(Cl)cc1)N(C)C)NCC. The van der Waals surface area contributed by atoms with Crippen molar-refractivity contribution in [3.05, 3.63) is 47.5 Å². The molecule has 5 heteroatoms. The molecule has 0 aliphatic rings. The molecule has 0 aliphatic carbocycles. The molecular weight excluding hydrogens is 284 g/mol. The number of hydrogen-bond donors (Lipinski definition) is 2. The molecule has 0 saturated carbocycles. The zero-order valence-corrected chi connectivity index (χ0v) is 13.8. The largest absolute Gasteiger partial charge is 0.357 e. The Balaban J connectivity index is 2.81. The van der Waals surface area contributed by atoms with Crippen LogP contribution < -0.4 is 10.6 Å². The third kappa shape index (κ3) is 6.19. The molecule has 0 amide bonds.